The van der Waals surface area contributed by atoms with Crippen LogP contribution in [0.3, 0.4) is 0 Å². The molecular formula is C12H9Br2N3S. The molecule has 0 amide bonds. The maximum atomic E-state index is 6.19. The summed E-state index contributed by atoms with van der Waals surface area (Å²) in [5, 5.41) is 0. The lowest BCUT2D eigenvalue weighted by atomic mass is 10.3. The summed E-state index contributed by atoms with van der Waals surface area (Å²) in [6, 6.07) is 6.07. The smallest absolute Gasteiger partial charge is 0.142 e. The Bertz CT molecular complexity index is 745. The molecule has 0 radical (unpaired) electrons. The molecule has 0 aliphatic carbocycles. The van der Waals surface area contributed by atoms with E-state index in [4.69, 9.17) is 5.73 Å². The number of imidazole rings is 1. The molecule has 0 aliphatic rings. The minimum atomic E-state index is 0.670. The van der Waals surface area contributed by atoms with Crippen molar-refractivity contribution >= 4 is 54.7 Å². The van der Waals surface area contributed by atoms with E-state index < -0.39 is 0 Å². The lowest BCUT2D eigenvalue weighted by molar-refractivity contribution is 1.16. The zero-order valence-corrected chi connectivity index (χ0v) is 13.4. The van der Waals surface area contributed by atoms with Crippen molar-refractivity contribution in [3.8, 4) is 10.6 Å². The number of thiophene rings is 1. The standard InChI is InChI=1S/C12H9Br2N3S/c1-6-4-7(13)5-17-11(15)10(16-12(6)17)8-2-3-9(14)18-8/h2-5H,15H2,1H3. The lowest BCUT2D eigenvalue weighted by Gasteiger charge is -2.00. The largest absolute Gasteiger partial charge is 0.383 e. The third-order valence-electron chi connectivity index (χ3n) is 2.71. The maximum Gasteiger partial charge on any atom is 0.142 e. The van der Waals surface area contributed by atoms with Crippen LogP contribution in [0.2, 0.25) is 0 Å². The predicted molar refractivity (Wildman–Crippen MR) is 83.1 cm³/mol. The Balaban J connectivity index is 2.32. The number of anilines is 1. The highest BCUT2D eigenvalue weighted by atomic mass is 79.9. The van der Waals surface area contributed by atoms with Gasteiger partial charge >= 0.3 is 0 Å². The van der Waals surface area contributed by atoms with E-state index in [-0.39, 0.29) is 0 Å². The van der Waals surface area contributed by atoms with Gasteiger partial charge in [0, 0.05) is 10.7 Å². The van der Waals surface area contributed by atoms with E-state index in [0.717, 1.165) is 30.0 Å². The number of nitrogens with zero attached hydrogens (tertiary/aromatic N) is 2. The van der Waals surface area contributed by atoms with Gasteiger partial charge in [-0.15, -0.1) is 11.3 Å². The Morgan fingerprint density at radius 3 is 2.78 bits per heavy atom. The summed E-state index contributed by atoms with van der Waals surface area (Å²) in [6.45, 7) is 2.03. The molecule has 0 saturated carbocycles. The minimum absolute atomic E-state index is 0.670. The number of halogens is 2. The van der Waals surface area contributed by atoms with Gasteiger partial charge in [0.1, 0.15) is 17.2 Å². The van der Waals surface area contributed by atoms with E-state index in [1.807, 2.05) is 35.7 Å². The first kappa shape index (κ1) is 12.2. The number of aromatic nitrogens is 2. The molecule has 0 fully saturated rings. The molecule has 0 aromatic carbocycles. The van der Waals surface area contributed by atoms with Gasteiger partial charge in [-0.3, -0.25) is 4.40 Å². The number of fused-ring (bicyclic) bond motifs is 1. The van der Waals surface area contributed by atoms with Gasteiger partial charge < -0.3 is 5.73 Å². The molecule has 2 N–H and O–H groups in total. The maximum absolute atomic E-state index is 6.19. The first-order valence-electron chi connectivity index (χ1n) is 5.25. The van der Waals surface area contributed by atoms with Crippen LogP contribution >= 0.6 is 43.2 Å². The van der Waals surface area contributed by atoms with Crippen molar-refractivity contribution in [1.82, 2.24) is 9.38 Å². The summed E-state index contributed by atoms with van der Waals surface area (Å²) >= 11 is 8.57. The summed E-state index contributed by atoms with van der Waals surface area (Å²) in [5.41, 5.74) is 9.02. The Morgan fingerprint density at radius 2 is 2.11 bits per heavy atom. The molecule has 18 heavy (non-hydrogen) atoms. The third-order valence-corrected chi connectivity index (χ3v) is 4.78. The Hall–Kier alpha value is -0.850. The summed E-state index contributed by atoms with van der Waals surface area (Å²) < 4.78 is 3.99. The molecule has 3 aromatic rings. The second-order valence-electron chi connectivity index (χ2n) is 3.98. The number of pyridine rings is 1. The second-order valence-corrected chi connectivity index (χ2v) is 7.36. The minimum Gasteiger partial charge on any atom is -0.383 e. The van der Waals surface area contributed by atoms with Crippen molar-refractivity contribution in [2.45, 2.75) is 6.92 Å². The van der Waals surface area contributed by atoms with Gasteiger partial charge in [-0.1, -0.05) is 0 Å². The van der Waals surface area contributed by atoms with Crippen LogP contribution in [0.1, 0.15) is 5.56 Å². The Morgan fingerprint density at radius 1 is 1.33 bits per heavy atom. The van der Waals surface area contributed by atoms with E-state index in [1.54, 1.807) is 11.3 Å². The highest BCUT2D eigenvalue weighted by Crippen LogP contribution is 2.35. The molecule has 0 saturated heterocycles. The summed E-state index contributed by atoms with van der Waals surface area (Å²) in [5.74, 6) is 0.670. The van der Waals surface area contributed by atoms with Crippen molar-refractivity contribution in [2.24, 2.45) is 0 Å². The van der Waals surface area contributed by atoms with Crippen LogP contribution in [0.25, 0.3) is 16.2 Å². The van der Waals surface area contributed by atoms with E-state index in [9.17, 15) is 0 Å². The number of hydrogen-bond acceptors (Lipinski definition) is 3. The number of rotatable bonds is 1. The summed E-state index contributed by atoms with van der Waals surface area (Å²) in [6.07, 6.45) is 1.94. The van der Waals surface area contributed by atoms with E-state index in [1.165, 1.54) is 0 Å². The molecule has 3 heterocycles. The van der Waals surface area contributed by atoms with Gasteiger partial charge in [-0.2, -0.15) is 0 Å². The molecule has 3 nitrogen and oxygen atoms in total. The van der Waals surface area contributed by atoms with Gasteiger partial charge in [0.25, 0.3) is 0 Å². The summed E-state index contributed by atoms with van der Waals surface area (Å²) in [7, 11) is 0. The van der Waals surface area contributed by atoms with Crippen molar-refractivity contribution in [2.75, 3.05) is 5.73 Å². The fourth-order valence-corrected chi connectivity index (χ4v) is 3.84. The average Bonchev–Trinajstić information content (AvgIpc) is 2.85. The molecule has 6 heteroatoms. The SMILES string of the molecule is Cc1cc(Br)cn2c(N)c(-c3ccc(Br)s3)nc12. The second kappa shape index (κ2) is 4.36. The predicted octanol–water partition coefficient (Wildman–Crippen LogP) is 4.48. The zero-order valence-electron chi connectivity index (χ0n) is 9.45. The van der Waals surface area contributed by atoms with Gasteiger partial charge in [0.05, 0.1) is 8.66 Å². The Labute approximate surface area is 125 Å². The van der Waals surface area contributed by atoms with E-state index >= 15 is 0 Å². The van der Waals surface area contributed by atoms with Crippen LogP contribution in [0, 0.1) is 6.92 Å². The van der Waals surface area contributed by atoms with Crippen molar-refractivity contribution in [3.05, 3.63) is 38.2 Å². The highest BCUT2D eigenvalue weighted by molar-refractivity contribution is 9.11. The quantitative estimate of drug-likeness (QED) is 0.670. The molecule has 0 unspecified atom stereocenters. The zero-order chi connectivity index (χ0) is 12.9. The molecule has 3 aromatic heterocycles. The molecule has 0 aliphatic heterocycles. The van der Waals surface area contributed by atoms with Crippen LogP contribution in [-0.2, 0) is 0 Å². The van der Waals surface area contributed by atoms with Crippen LogP contribution < -0.4 is 5.73 Å². The van der Waals surface area contributed by atoms with E-state index in [0.29, 0.717) is 5.82 Å². The first-order valence-corrected chi connectivity index (χ1v) is 7.66. The first-order chi connectivity index (χ1) is 8.56. The molecule has 0 bridgehead atoms. The number of hydrogen-bond donors (Lipinski definition) is 1. The van der Waals surface area contributed by atoms with Crippen molar-refractivity contribution in [1.29, 1.82) is 0 Å². The number of aryl methyl sites for hydroxylation is 1. The third kappa shape index (κ3) is 1.88. The van der Waals surface area contributed by atoms with E-state index in [2.05, 4.69) is 36.8 Å². The van der Waals surface area contributed by atoms with Gasteiger partial charge in [-0.05, 0) is 62.5 Å². The molecule has 3 rings (SSSR count). The molecule has 0 spiro atoms. The monoisotopic (exact) mass is 385 g/mol. The van der Waals surface area contributed by atoms with Gasteiger partial charge in [0.2, 0.25) is 0 Å². The highest BCUT2D eigenvalue weighted by Gasteiger charge is 2.14. The Kier molecular flexibility index (Phi) is 2.96. The van der Waals surface area contributed by atoms with Gasteiger partial charge in [-0.25, -0.2) is 4.98 Å². The molecule has 0 atom stereocenters. The average molecular weight is 387 g/mol. The van der Waals surface area contributed by atoms with Gasteiger partial charge in [0.15, 0.2) is 0 Å². The van der Waals surface area contributed by atoms with Crippen LogP contribution in [-0.4, -0.2) is 9.38 Å². The van der Waals surface area contributed by atoms with Crippen molar-refractivity contribution in [3.63, 3.8) is 0 Å². The lowest BCUT2D eigenvalue weighted by Crippen LogP contribution is -1.94. The molecular weight excluding hydrogens is 378 g/mol. The van der Waals surface area contributed by atoms with Crippen LogP contribution in [0.4, 0.5) is 5.82 Å². The topological polar surface area (TPSA) is 43.3 Å². The van der Waals surface area contributed by atoms with Crippen LogP contribution in [0.5, 0.6) is 0 Å². The normalized spacial score (nSPS) is 11.3. The summed E-state index contributed by atoms with van der Waals surface area (Å²) in [4.78, 5) is 5.71. The number of nitrogen functional groups attached to an aromatic ring is 1. The fraction of sp³-hybridized carbons (Fsp3) is 0.0833. The fourth-order valence-electron chi connectivity index (χ4n) is 1.91. The number of nitrogens with two attached hydrogens (primary N) is 1. The molecule has 92 valence electrons. The van der Waals surface area contributed by atoms with Crippen molar-refractivity contribution < 1.29 is 0 Å². The van der Waals surface area contributed by atoms with Crippen LogP contribution in [0.15, 0.2) is 32.7 Å².